The van der Waals surface area contributed by atoms with Crippen LogP contribution in [0, 0.1) is 0 Å². The first-order valence-electron chi connectivity index (χ1n) is 8.55. The summed E-state index contributed by atoms with van der Waals surface area (Å²) in [6.07, 6.45) is 8.69. The van der Waals surface area contributed by atoms with E-state index in [0.717, 1.165) is 39.0 Å². The lowest BCUT2D eigenvalue weighted by molar-refractivity contribution is -0.113. The number of carbonyl (C=O) groups is 1. The highest BCUT2D eigenvalue weighted by atomic mass is 16.2. The molecule has 0 fully saturated rings. The summed E-state index contributed by atoms with van der Waals surface area (Å²) in [6, 6.07) is 13.9. The normalized spacial score (nSPS) is 10.7. The summed E-state index contributed by atoms with van der Waals surface area (Å²) >= 11 is 0. The van der Waals surface area contributed by atoms with Crippen LogP contribution < -0.4 is 4.90 Å². The number of likely N-dealkylation sites (N-methyl/N-ethyl adjacent to an activating group) is 1. The van der Waals surface area contributed by atoms with E-state index in [1.54, 1.807) is 18.1 Å². The van der Waals surface area contributed by atoms with E-state index in [1.807, 2.05) is 55.0 Å². The number of fused-ring (bicyclic) bond motifs is 1. The zero-order chi connectivity index (χ0) is 18.8. The number of aromatic amines is 1. The summed E-state index contributed by atoms with van der Waals surface area (Å²) in [5, 5.41) is 1.03. The van der Waals surface area contributed by atoms with Gasteiger partial charge in [-0.3, -0.25) is 9.78 Å². The minimum atomic E-state index is -0.148. The Morgan fingerprint density at radius 2 is 1.96 bits per heavy atom. The molecule has 0 unspecified atom stereocenters. The van der Waals surface area contributed by atoms with E-state index in [1.165, 1.54) is 6.08 Å². The molecule has 0 aliphatic carbocycles. The van der Waals surface area contributed by atoms with Gasteiger partial charge in [-0.25, -0.2) is 4.98 Å². The lowest BCUT2D eigenvalue weighted by atomic mass is 10.0. The number of anilines is 1. The van der Waals surface area contributed by atoms with Crippen molar-refractivity contribution in [2.75, 3.05) is 11.9 Å². The lowest BCUT2D eigenvalue weighted by Gasteiger charge is -2.16. The Morgan fingerprint density at radius 1 is 1.11 bits per heavy atom. The smallest absolute Gasteiger partial charge is 0.250 e. The van der Waals surface area contributed by atoms with Gasteiger partial charge in [0.2, 0.25) is 5.91 Å². The van der Waals surface area contributed by atoms with E-state index in [4.69, 9.17) is 0 Å². The van der Waals surface area contributed by atoms with E-state index in [0.29, 0.717) is 0 Å². The van der Waals surface area contributed by atoms with Gasteiger partial charge >= 0.3 is 0 Å². The molecule has 5 heteroatoms. The monoisotopic (exact) mass is 354 g/mol. The van der Waals surface area contributed by atoms with Gasteiger partial charge < -0.3 is 9.88 Å². The Bertz CT molecular complexity index is 1130. The molecule has 0 saturated heterocycles. The van der Waals surface area contributed by atoms with Gasteiger partial charge in [-0.2, -0.15) is 0 Å². The molecule has 3 aromatic heterocycles. The second-order valence-electron chi connectivity index (χ2n) is 6.22. The number of nitrogens with one attached hydrogen (secondary N) is 1. The molecule has 1 amide bonds. The molecule has 0 radical (unpaired) electrons. The van der Waals surface area contributed by atoms with Gasteiger partial charge in [0.25, 0.3) is 0 Å². The number of aromatic nitrogens is 3. The third kappa shape index (κ3) is 3.11. The van der Waals surface area contributed by atoms with Crippen molar-refractivity contribution in [3.8, 4) is 22.3 Å². The van der Waals surface area contributed by atoms with Gasteiger partial charge in [0.15, 0.2) is 0 Å². The molecule has 0 spiro atoms. The summed E-state index contributed by atoms with van der Waals surface area (Å²) in [5.41, 5.74) is 5.69. The van der Waals surface area contributed by atoms with E-state index in [-0.39, 0.29) is 5.91 Å². The molecule has 27 heavy (non-hydrogen) atoms. The van der Waals surface area contributed by atoms with E-state index in [2.05, 4.69) is 27.6 Å². The fraction of sp³-hybridized carbons (Fsp3) is 0.0455. The molecule has 5 nitrogen and oxygen atoms in total. The Morgan fingerprint density at radius 3 is 2.74 bits per heavy atom. The predicted molar refractivity (Wildman–Crippen MR) is 108 cm³/mol. The fourth-order valence-electron chi connectivity index (χ4n) is 3.08. The number of pyridine rings is 2. The van der Waals surface area contributed by atoms with Crippen molar-refractivity contribution in [1.82, 2.24) is 15.0 Å². The van der Waals surface area contributed by atoms with Crippen LogP contribution in [0.1, 0.15) is 0 Å². The van der Waals surface area contributed by atoms with Crippen LogP contribution in [-0.4, -0.2) is 27.9 Å². The van der Waals surface area contributed by atoms with Crippen molar-refractivity contribution >= 4 is 22.6 Å². The topological polar surface area (TPSA) is 61.9 Å². The molecule has 0 bridgehead atoms. The average molecular weight is 354 g/mol. The van der Waals surface area contributed by atoms with Gasteiger partial charge in [-0.1, -0.05) is 24.8 Å². The highest BCUT2D eigenvalue weighted by molar-refractivity contribution is 6.01. The SMILES string of the molecule is C=CC(=O)N(C)c1cccc(-c2cnc3[nH]cc(-c4cccnc4)c3c2)c1. The molecule has 132 valence electrons. The van der Waals surface area contributed by atoms with Gasteiger partial charge in [-0.05, 0) is 35.9 Å². The minimum absolute atomic E-state index is 0.148. The second-order valence-corrected chi connectivity index (χ2v) is 6.22. The number of H-pyrrole nitrogens is 1. The largest absolute Gasteiger partial charge is 0.346 e. The third-order valence-electron chi connectivity index (χ3n) is 4.58. The first-order valence-corrected chi connectivity index (χ1v) is 8.55. The van der Waals surface area contributed by atoms with E-state index in [9.17, 15) is 4.79 Å². The molecule has 1 aromatic carbocycles. The summed E-state index contributed by atoms with van der Waals surface area (Å²) in [4.78, 5) is 25.4. The van der Waals surface area contributed by atoms with E-state index < -0.39 is 0 Å². The van der Waals surface area contributed by atoms with E-state index >= 15 is 0 Å². The fourth-order valence-corrected chi connectivity index (χ4v) is 3.08. The Balaban J connectivity index is 1.79. The number of rotatable bonds is 4. The summed E-state index contributed by atoms with van der Waals surface area (Å²) in [7, 11) is 1.73. The van der Waals surface area contributed by atoms with Gasteiger partial charge in [-0.15, -0.1) is 0 Å². The number of nitrogens with zero attached hydrogens (tertiary/aromatic N) is 3. The van der Waals surface area contributed by atoms with Crippen LogP contribution in [0.15, 0.2) is 79.9 Å². The van der Waals surface area contributed by atoms with Crippen LogP contribution in [0.2, 0.25) is 0 Å². The summed E-state index contributed by atoms with van der Waals surface area (Å²) in [5.74, 6) is -0.148. The maximum atomic E-state index is 11.9. The predicted octanol–water partition coefficient (Wildman–Crippen LogP) is 4.44. The standard InChI is InChI=1S/C22H18N4O/c1-3-21(27)26(2)18-8-4-6-15(10-18)17-11-19-20(14-25-22(19)24-13-17)16-7-5-9-23-12-16/h3-14H,1H2,2H3,(H,24,25). The third-order valence-corrected chi connectivity index (χ3v) is 4.58. The Kier molecular flexibility index (Phi) is 4.26. The van der Waals surface area contributed by atoms with Crippen molar-refractivity contribution in [2.24, 2.45) is 0 Å². The first kappa shape index (κ1) is 16.7. The highest BCUT2D eigenvalue weighted by Gasteiger charge is 2.11. The molecule has 4 aromatic rings. The summed E-state index contributed by atoms with van der Waals surface area (Å²) < 4.78 is 0. The van der Waals surface area contributed by atoms with Crippen molar-refractivity contribution in [3.05, 3.63) is 79.9 Å². The molecule has 4 rings (SSSR count). The molecule has 0 aliphatic heterocycles. The second kappa shape index (κ2) is 6.88. The van der Waals surface area contributed by atoms with Crippen LogP contribution in [0.25, 0.3) is 33.3 Å². The zero-order valence-electron chi connectivity index (χ0n) is 14.9. The Hall–Kier alpha value is -3.73. The Labute approximate surface area is 157 Å². The van der Waals surface area contributed by atoms with Crippen molar-refractivity contribution in [3.63, 3.8) is 0 Å². The molecular weight excluding hydrogens is 336 g/mol. The van der Waals surface area contributed by atoms with Crippen LogP contribution in [0.5, 0.6) is 0 Å². The van der Waals surface area contributed by atoms with Crippen LogP contribution >= 0.6 is 0 Å². The lowest BCUT2D eigenvalue weighted by Crippen LogP contribution is -2.23. The number of benzene rings is 1. The summed E-state index contributed by atoms with van der Waals surface area (Å²) in [6.45, 7) is 3.54. The van der Waals surface area contributed by atoms with Crippen molar-refractivity contribution < 1.29 is 4.79 Å². The molecule has 3 heterocycles. The van der Waals surface area contributed by atoms with Gasteiger partial charge in [0.05, 0.1) is 0 Å². The first-order chi connectivity index (χ1) is 13.2. The molecule has 0 aliphatic rings. The maximum Gasteiger partial charge on any atom is 0.250 e. The zero-order valence-corrected chi connectivity index (χ0v) is 14.9. The molecule has 0 saturated carbocycles. The molecular formula is C22H18N4O. The highest BCUT2D eigenvalue weighted by Crippen LogP contribution is 2.31. The van der Waals surface area contributed by atoms with Gasteiger partial charge in [0.1, 0.15) is 5.65 Å². The molecule has 1 N–H and O–H groups in total. The molecule has 0 atom stereocenters. The quantitative estimate of drug-likeness (QED) is 0.551. The average Bonchev–Trinajstić information content (AvgIpc) is 3.16. The number of carbonyl (C=O) groups excluding carboxylic acids is 1. The van der Waals surface area contributed by atoms with Gasteiger partial charge in [0, 0.05) is 59.6 Å². The number of amides is 1. The van der Waals surface area contributed by atoms with Crippen LogP contribution in [0.3, 0.4) is 0 Å². The number of hydrogen-bond acceptors (Lipinski definition) is 3. The number of hydrogen-bond donors (Lipinski definition) is 1. The maximum absolute atomic E-state index is 11.9. The van der Waals surface area contributed by atoms with Crippen molar-refractivity contribution in [2.45, 2.75) is 0 Å². The van der Waals surface area contributed by atoms with Crippen LogP contribution in [0.4, 0.5) is 5.69 Å². The van der Waals surface area contributed by atoms with Crippen LogP contribution in [-0.2, 0) is 4.79 Å². The van der Waals surface area contributed by atoms with Crippen molar-refractivity contribution in [1.29, 1.82) is 0 Å². The minimum Gasteiger partial charge on any atom is -0.346 e.